The molecule has 3 N–H and O–H groups in total. The van der Waals surface area contributed by atoms with E-state index >= 15 is 0 Å². The number of nitrogens with two attached hydrogens (primary N) is 1. The average Bonchev–Trinajstić information content (AvgIpc) is 2.53. The van der Waals surface area contributed by atoms with Crippen molar-refractivity contribution in [1.29, 1.82) is 0 Å². The Kier molecular flexibility index (Phi) is 3.63. The maximum absolute atomic E-state index is 11.8. The van der Waals surface area contributed by atoms with Crippen LogP contribution in [0.4, 0.5) is 0 Å². The predicted molar refractivity (Wildman–Crippen MR) is 59.3 cm³/mol. The highest BCUT2D eigenvalue weighted by molar-refractivity contribution is 5.78. The Morgan fingerprint density at radius 3 is 2.76 bits per heavy atom. The standard InChI is InChI=1S/C11H18N2O4/c12-8-1-7-2-9(3-8)13(4-7)10(14)5-17-6-11(15)16/h7-9H,1-6,12H2,(H,15,16). The number of ether oxygens (including phenoxy) is 1. The van der Waals surface area contributed by atoms with Crippen LogP contribution in [0.2, 0.25) is 0 Å². The van der Waals surface area contributed by atoms with Crippen LogP contribution in [0.1, 0.15) is 19.3 Å². The minimum absolute atomic E-state index is 0.118. The number of likely N-dealkylation sites (tertiary alicyclic amines) is 1. The van der Waals surface area contributed by atoms with Gasteiger partial charge in [-0.25, -0.2) is 4.79 Å². The van der Waals surface area contributed by atoms with Crippen LogP contribution in [0.25, 0.3) is 0 Å². The number of hydrogen-bond donors (Lipinski definition) is 2. The molecule has 0 radical (unpaired) electrons. The fourth-order valence-electron chi connectivity index (χ4n) is 2.90. The molecule has 0 aromatic heterocycles. The summed E-state index contributed by atoms with van der Waals surface area (Å²) in [5.74, 6) is -0.667. The van der Waals surface area contributed by atoms with Crippen LogP contribution in [0.15, 0.2) is 0 Å². The van der Waals surface area contributed by atoms with Gasteiger partial charge in [-0.05, 0) is 25.2 Å². The summed E-state index contributed by atoms with van der Waals surface area (Å²) >= 11 is 0. The van der Waals surface area contributed by atoms with Crippen LogP contribution in [0.3, 0.4) is 0 Å². The number of hydrogen-bond acceptors (Lipinski definition) is 4. The Bertz CT molecular complexity index is 321. The number of carboxylic acids is 1. The maximum Gasteiger partial charge on any atom is 0.329 e. The number of aliphatic carboxylic acids is 1. The second-order valence-corrected chi connectivity index (χ2v) is 4.92. The number of carbonyl (C=O) groups is 2. The molecule has 0 aromatic carbocycles. The Balaban J connectivity index is 1.82. The first kappa shape index (κ1) is 12.3. The van der Waals surface area contributed by atoms with E-state index in [1.165, 1.54) is 0 Å². The first-order valence-corrected chi connectivity index (χ1v) is 5.91. The van der Waals surface area contributed by atoms with Gasteiger partial charge in [0.15, 0.2) is 0 Å². The van der Waals surface area contributed by atoms with E-state index in [1.54, 1.807) is 4.90 Å². The van der Waals surface area contributed by atoms with Gasteiger partial charge in [0.2, 0.25) is 5.91 Å². The number of carbonyl (C=O) groups excluding carboxylic acids is 1. The van der Waals surface area contributed by atoms with E-state index < -0.39 is 12.6 Å². The molecule has 2 bridgehead atoms. The molecule has 1 amide bonds. The van der Waals surface area contributed by atoms with Gasteiger partial charge in [0.1, 0.15) is 13.2 Å². The van der Waals surface area contributed by atoms with Crippen molar-refractivity contribution in [3.8, 4) is 0 Å². The van der Waals surface area contributed by atoms with Crippen LogP contribution in [0.5, 0.6) is 0 Å². The van der Waals surface area contributed by atoms with Gasteiger partial charge in [-0.2, -0.15) is 0 Å². The molecule has 3 atom stereocenters. The number of carboxylic acid groups (broad SMARTS) is 1. The Hall–Kier alpha value is -1.14. The van der Waals surface area contributed by atoms with E-state index in [0.29, 0.717) is 5.92 Å². The minimum Gasteiger partial charge on any atom is -0.480 e. The molecule has 0 aromatic rings. The highest BCUT2D eigenvalue weighted by Crippen LogP contribution is 2.34. The summed E-state index contributed by atoms with van der Waals surface area (Å²) in [7, 11) is 0. The molecule has 1 aliphatic heterocycles. The monoisotopic (exact) mass is 242 g/mol. The lowest BCUT2D eigenvalue weighted by molar-refractivity contribution is -0.146. The number of rotatable bonds is 4. The van der Waals surface area contributed by atoms with Crippen LogP contribution < -0.4 is 5.73 Å². The van der Waals surface area contributed by atoms with E-state index in [-0.39, 0.29) is 24.6 Å². The first-order valence-electron chi connectivity index (χ1n) is 5.91. The van der Waals surface area contributed by atoms with Crippen molar-refractivity contribution >= 4 is 11.9 Å². The van der Waals surface area contributed by atoms with Crippen molar-refractivity contribution in [3.63, 3.8) is 0 Å². The Morgan fingerprint density at radius 1 is 1.29 bits per heavy atom. The van der Waals surface area contributed by atoms with E-state index in [2.05, 4.69) is 0 Å². The fraction of sp³-hybridized carbons (Fsp3) is 0.818. The first-order chi connectivity index (χ1) is 8.06. The van der Waals surface area contributed by atoms with E-state index in [9.17, 15) is 9.59 Å². The maximum atomic E-state index is 11.8. The third kappa shape index (κ3) is 2.95. The van der Waals surface area contributed by atoms with Crippen molar-refractivity contribution in [3.05, 3.63) is 0 Å². The summed E-state index contributed by atoms with van der Waals surface area (Å²) in [4.78, 5) is 23.9. The Labute approximate surface area is 99.7 Å². The van der Waals surface area contributed by atoms with Crippen LogP contribution >= 0.6 is 0 Å². The normalized spacial score (nSPS) is 31.6. The smallest absolute Gasteiger partial charge is 0.329 e. The zero-order valence-electron chi connectivity index (χ0n) is 9.67. The summed E-state index contributed by atoms with van der Waals surface area (Å²) < 4.78 is 4.82. The van der Waals surface area contributed by atoms with E-state index in [0.717, 1.165) is 25.8 Å². The molecule has 6 heteroatoms. The molecule has 6 nitrogen and oxygen atoms in total. The summed E-state index contributed by atoms with van der Waals surface area (Å²) in [5, 5.41) is 8.41. The third-order valence-electron chi connectivity index (χ3n) is 3.48. The average molecular weight is 242 g/mol. The Morgan fingerprint density at radius 2 is 2.06 bits per heavy atom. The lowest BCUT2D eigenvalue weighted by Gasteiger charge is -2.27. The molecular weight excluding hydrogens is 224 g/mol. The van der Waals surface area contributed by atoms with E-state index in [1.807, 2.05) is 0 Å². The lowest BCUT2D eigenvalue weighted by Crippen LogP contribution is -2.40. The van der Waals surface area contributed by atoms with Gasteiger partial charge < -0.3 is 20.5 Å². The van der Waals surface area contributed by atoms with Gasteiger partial charge in [-0.3, -0.25) is 4.79 Å². The van der Waals surface area contributed by atoms with Gasteiger partial charge in [0.05, 0.1) is 0 Å². The fourth-order valence-corrected chi connectivity index (χ4v) is 2.90. The molecule has 1 heterocycles. The summed E-state index contributed by atoms with van der Waals surface area (Å²) in [6.45, 7) is 0.172. The highest BCUT2D eigenvalue weighted by atomic mass is 16.5. The van der Waals surface area contributed by atoms with Gasteiger partial charge in [0, 0.05) is 18.6 Å². The lowest BCUT2D eigenvalue weighted by atomic mass is 9.87. The molecule has 3 unspecified atom stereocenters. The van der Waals surface area contributed by atoms with Crippen LogP contribution in [-0.2, 0) is 14.3 Å². The van der Waals surface area contributed by atoms with Crippen molar-refractivity contribution in [2.45, 2.75) is 31.3 Å². The highest BCUT2D eigenvalue weighted by Gasteiger charge is 2.40. The van der Waals surface area contributed by atoms with Gasteiger partial charge >= 0.3 is 5.97 Å². The molecule has 2 aliphatic rings. The van der Waals surface area contributed by atoms with Gasteiger partial charge in [-0.15, -0.1) is 0 Å². The zero-order valence-corrected chi connectivity index (χ0v) is 9.67. The van der Waals surface area contributed by atoms with Crippen molar-refractivity contribution in [2.24, 2.45) is 11.7 Å². The molecule has 2 rings (SSSR count). The molecule has 0 spiro atoms. The molecule has 2 fully saturated rings. The number of nitrogens with zero attached hydrogens (tertiary/aromatic N) is 1. The number of fused-ring (bicyclic) bond motifs is 2. The van der Waals surface area contributed by atoms with Crippen LogP contribution in [-0.4, -0.2) is 53.7 Å². The SMILES string of the molecule is NC1CC2CC(C1)N(C(=O)COCC(=O)O)C2. The van der Waals surface area contributed by atoms with Gasteiger partial charge in [0.25, 0.3) is 0 Å². The largest absolute Gasteiger partial charge is 0.480 e. The molecular formula is C11H18N2O4. The molecule has 17 heavy (non-hydrogen) atoms. The minimum atomic E-state index is -1.06. The summed E-state index contributed by atoms with van der Waals surface area (Å²) in [6.07, 6.45) is 2.86. The second-order valence-electron chi connectivity index (χ2n) is 4.92. The van der Waals surface area contributed by atoms with Crippen LogP contribution in [0, 0.1) is 5.92 Å². The zero-order chi connectivity index (χ0) is 12.4. The molecule has 96 valence electrons. The van der Waals surface area contributed by atoms with Crippen molar-refractivity contribution < 1.29 is 19.4 Å². The molecule has 1 saturated carbocycles. The predicted octanol–water partition coefficient (Wildman–Crippen LogP) is -0.574. The molecule has 1 aliphatic carbocycles. The third-order valence-corrected chi connectivity index (χ3v) is 3.48. The number of amides is 1. The quantitative estimate of drug-likeness (QED) is 0.688. The van der Waals surface area contributed by atoms with E-state index in [4.69, 9.17) is 15.6 Å². The van der Waals surface area contributed by atoms with Crippen molar-refractivity contribution in [1.82, 2.24) is 4.90 Å². The van der Waals surface area contributed by atoms with Gasteiger partial charge in [-0.1, -0.05) is 0 Å². The second kappa shape index (κ2) is 5.01. The topological polar surface area (TPSA) is 92.9 Å². The van der Waals surface area contributed by atoms with Crippen molar-refractivity contribution in [2.75, 3.05) is 19.8 Å². The molecule has 1 saturated heterocycles. The summed E-state index contributed by atoms with van der Waals surface area (Å²) in [5.41, 5.74) is 5.91. The summed E-state index contributed by atoms with van der Waals surface area (Å²) in [6, 6.07) is 0.418.